The largest absolute Gasteiger partial charge is 0.497 e. The van der Waals surface area contributed by atoms with Gasteiger partial charge in [0, 0.05) is 32.7 Å². The van der Waals surface area contributed by atoms with Crippen LogP contribution in [0.1, 0.15) is 11.1 Å². The Morgan fingerprint density at radius 3 is 2.67 bits per heavy atom. The highest BCUT2D eigenvalue weighted by molar-refractivity contribution is 5.74. The van der Waals surface area contributed by atoms with Crippen molar-refractivity contribution < 1.29 is 9.53 Å². The minimum absolute atomic E-state index is 0.0360. The van der Waals surface area contributed by atoms with Crippen molar-refractivity contribution in [1.82, 2.24) is 10.2 Å². The van der Waals surface area contributed by atoms with Crippen molar-refractivity contribution >= 4 is 11.7 Å². The van der Waals surface area contributed by atoms with Crippen LogP contribution in [0.2, 0.25) is 0 Å². The molecule has 1 heterocycles. The Morgan fingerprint density at radius 1 is 1.15 bits per heavy atom. The van der Waals surface area contributed by atoms with Crippen molar-refractivity contribution in [1.29, 1.82) is 5.26 Å². The first-order valence-electron chi connectivity index (χ1n) is 9.11. The van der Waals surface area contributed by atoms with Gasteiger partial charge in [0.1, 0.15) is 11.8 Å². The number of anilines is 1. The third-order valence-corrected chi connectivity index (χ3v) is 4.76. The number of nitrogens with one attached hydrogen (secondary N) is 1. The second kappa shape index (κ2) is 8.95. The van der Waals surface area contributed by atoms with Gasteiger partial charge in [0.2, 0.25) is 0 Å². The molecule has 140 valence electrons. The molecule has 2 amide bonds. The molecule has 2 aromatic rings. The van der Waals surface area contributed by atoms with Crippen LogP contribution in [-0.4, -0.2) is 50.8 Å². The minimum atomic E-state index is -0.0360. The summed E-state index contributed by atoms with van der Waals surface area (Å²) in [7, 11) is 1.65. The lowest BCUT2D eigenvalue weighted by molar-refractivity contribution is 0.194. The zero-order valence-corrected chi connectivity index (χ0v) is 15.5. The van der Waals surface area contributed by atoms with Crippen molar-refractivity contribution in [2.45, 2.75) is 6.42 Å². The molecule has 6 nitrogen and oxygen atoms in total. The van der Waals surface area contributed by atoms with Gasteiger partial charge in [-0.15, -0.1) is 0 Å². The van der Waals surface area contributed by atoms with Crippen LogP contribution in [0.5, 0.6) is 5.75 Å². The van der Waals surface area contributed by atoms with Gasteiger partial charge in [0.15, 0.2) is 0 Å². The zero-order valence-electron chi connectivity index (χ0n) is 15.5. The van der Waals surface area contributed by atoms with E-state index in [1.165, 1.54) is 0 Å². The molecular weight excluding hydrogens is 340 g/mol. The number of benzene rings is 2. The van der Waals surface area contributed by atoms with E-state index in [0.717, 1.165) is 36.5 Å². The van der Waals surface area contributed by atoms with Crippen LogP contribution in [0.4, 0.5) is 10.5 Å². The van der Waals surface area contributed by atoms with E-state index in [2.05, 4.69) is 16.3 Å². The number of para-hydroxylation sites is 1. The SMILES string of the molecule is COc1cccc(CCNC(=O)N2CCN(c3ccccc3C#N)CC2)c1. The van der Waals surface area contributed by atoms with E-state index < -0.39 is 0 Å². The molecule has 1 N–H and O–H groups in total. The van der Waals surface area contributed by atoms with Gasteiger partial charge in [-0.3, -0.25) is 0 Å². The van der Waals surface area contributed by atoms with Gasteiger partial charge in [0.25, 0.3) is 0 Å². The Bertz CT molecular complexity index is 823. The predicted molar refractivity (Wildman–Crippen MR) is 105 cm³/mol. The molecule has 1 aliphatic heterocycles. The van der Waals surface area contributed by atoms with Crippen LogP contribution in [0.25, 0.3) is 0 Å². The number of carbonyl (C=O) groups excluding carboxylic acids is 1. The van der Waals surface area contributed by atoms with Crippen LogP contribution in [0, 0.1) is 11.3 Å². The lowest BCUT2D eigenvalue weighted by atomic mass is 10.1. The number of carbonyl (C=O) groups is 1. The maximum atomic E-state index is 12.4. The number of hydrogen-bond acceptors (Lipinski definition) is 4. The Morgan fingerprint density at radius 2 is 1.93 bits per heavy atom. The van der Waals surface area contributed by atoms with Crippen LogP contribution in [-0.2, 0) is 6.42 Å². The smallest absolute Gasteiger partial charge is 0.317 e. The van der Waals surface area contributed by atoms with Crippen molar-refractivity contribution in [3.05, 3.63) is 59.7 Å². The fourth-order valence-electron chi connectivity index (χ4n) is 3.25. The summed E-state index contributed by atoms with van der Waals surface area (Å²) in [5, 5.41) is 12.2. The molecule has 0 aromatic heterocycles. The van der Waals surface area contributed by atoms with Gasteiger partial charge in [0.05, 0.1) is 18.4 Å². The number of piperazine rings is 1. The van der Waals surface area contributed by atoms with Gasteiger partial charge in [-0.2, -0.15) is 5.26 Å². The second-order valence-electron chi connectivity index (χ2n) is 6.44. The second-order valence-corrected chi connectivity index (χ2v) is 6.44. The van der Waals surface area contributed by atoms with Crippen molar-refractivity contribution in [3.63, 3.8) is 0 Å². The molecule has 1 saturated heterocycles. The van der Waals surface area contributed by atoms with E-state index in [-0.39, 0.29) is 6.03 Å². The van der Waals surface area contributed by atoms with Crippen LogP contribution >= 0.6 is 0 Å². The average Bonchev–Trinajstić information content (AvgIpc) is 2.74. The van der Waals surface area contributed by atoms with Gasteiger partial charge in [-0.05, 0) is 36.2 Å². The lowest BCUT2D eigenvalue weighted by Gasteiger charge is -2.36. The Labute approximate surface area is 160 Å². The fourth-order valence-corrected chi connectivity index (χ4v) is 3.25. The molecule has 0 atom stereocenters. The monoisotopic (exact) mass is 364 g/mol. The third kappa shape index (κ3) is 4.70. The molecule has 1 aliphatic rings. The minimum Gasteiger partial charge on any atom is -0.497 e. The summed E-state index contributed by atoms with van der Waals surface area (Å²) in [5.41, 5.74) is 2.75. The fraction of sp³-hybridized carbons (Fsp3) is 0.333. The number of nitrogens with zero attached hydrogens (tertiary/aromatic N) is 3. The molecule has 1 fully saturated rings. The molecule has 2 aromatic carbocycles. The number of nitriles is 1. The molecule has 0 spiro atoms. The summed E-state index contributed by atoms with van der Waals surface area (Å²) in [6, 6.07) is 17.7. The number of hydrogen-bond donors (Lipinski definition) is 1. The molecule has 0 bridgehead atoms. The van der Waals surface area contributed by atoms with Crippen LogP contribution < -0.4 is 15.0 Å². The summed E-state index contributed by atoms with van der Waals surface area (Å²) in [5.74, 6) is 0.826. The normalized spacial score (nSPS) is 13.8. The first kappa shape index (κ1) is 18.6. The number of urea groups is 1. The highest BCUT2D eigenvalue weighted by atomic mass is 16.5. The Balaban J connectivity index is 1.46. The summed E-state index contributed by atoms with van der Waals surface area (Å²) < 4.78 is 5.22. The standard InChI is InChI=1S/C21H24N4O2/c1-27-19-7-4-5-17(15-19)9-10-23-21(26)25-13-11-24(12-14-25)20-8-3-2-6-18(20)16-22/h2-8,15H,9-14H2,1H3,(H,23,26). The van der Waals surface area contributed by atoms with E-state index >= 15 is 0 Å². The van der Waals surface area contributed by atoms with E-state index in [0.29, 0.717) is 25.2 Å². The Hall–Kier alpha value is -3.20. The summed E-state index contributed by atoms with van der Waals surface area (Å²) >= 11 is 0. The summed E-state index contributed by atoms with van der Waals surface area (Å²) in [6.07, 6.45) is 0.762. The molecule has 27 heavy (non-hydrogen) atoms. The first-order chi connectivity index (χ1) is 13.2. The lowest BCUT2D eigenvalue weighted by Crippen LogP contribution is -2.52. The molecule has 0 aliphatic carbocycles. The van der Waals surface area contributed by atoms with E-state index in [1.54, 1.807) is 7.11 Å². The summed E-state index contributed by atoms with van der Waals surface area (Å²) in [6.45, 7) is 3.32. The highest BCUT2D eigenvalue weighted by Gasteiger charge is 2.22. The molecular formula is C21H24N4O2. The van der Waals surface area contributed by atoms with E-state index in [4.69, 9.17) is 4.74 Å². The number of ether oxygens (including phenoxy) is 1. The van der Waals surface area contributed by atoms with E-state index in [1.807, 2.05) is 53.4 Å². The zero-order chi connectivity index (χ0) is 19.1. The van der Waals surface area contributed by atoms with Crippen molar-refractivity contribution in [3.8, 4) is 11.8 Å². The van der Waals surface area contributed by atoms with Gasteiger partial charge >= 0.3 is 6.03 Å². The van der Waals surface area contributed by atoms with Crippen LogP contribution in [0.15, 0.2) is 48.5 Å². The van der Waals surface area contributed by atoms with Crippen LogP contribution in [0.3, 0.4) is 0 Å². The van der Waals surface area contributed by atoms with Crippen molar-refractivity contribution in [2.24, 2.45) is 0 Å². The molecule has 0 saturated carbocycles. The maximum absolute atomic E-state index is 12.4. The van der Waals surface area contributed by atoms with Gasteiger partial charge < -0.3 is 19.9 Å². The van der Waals surface area contributed by atoms with Crippen molar-refractivity contribution in [2.75, 3.05) is 44.7 Å². The van der Waals surface area contributed by atoms with E-state index in [9.17, 15) is 10.1 Å². The topological polar surface area (TPSA) is 68.6 Å². The number of rotatable bonds is 5. The average molecular weight is 364 g/mol. The first-order valence-corrected chi connectivity index (χ1v) is 9.11. The molecule has 3 rings (SSSR count). The molecule has 0 radical (unpaired) electrons. The predicted octanol–water partition coefficient (Wildman–Crippen LogP) is 2.64. The Kier molecular flexibility index (Phi) is 6.16. The molecule has 0 unspecified atom stereocenters. The summed E-state index contributed by atoms with van der Waals surface area (Å²) in [4.78, 5) is 16.4. The number of methoxy groups -OCH3 is 1. The van der Waals surface area contributed by atoms with Gasteiger partial charge in [-0.1, -0.05) is 24.3 Å². The third-order valence-electron chi connectivity index (χ3n) is 4.76. The molecule has 6 heteroatoms. The maximum Gasteiger partial charge on any atom is 0.317 e. The quantitative estimate of drug-likeness (QED) is 0.886. The highest BCUT2D eigenvalue weighted by Crippen LogP contribution is 2.21. The number of amides is 2. The van der Waals surface area contributed by atoms with Gasteiger partial charge in [-0.25, -0.2) is 4.79 Å².